The highest BCUT2D eigenvalue weighted by molar-refractivity contribution is 7.98. The average molecular weight is 310 g/mol. The molecule has 2 N–H and O–H groups in total. The first kappa shape index (κ1) is 16.1. The summed E-state index contributed by atoms with van der Waals surface area (Å²) >= 11 is 1.56. The number of rotatable bonds is 6. The Hall–Kier alpha value is -0.960. The number of hydrogen-bond donors (Lipinski definition) is 2. The van der Waals surface area contributed by atoms with Crippen LogP contribution in [0.5, 0.6) is 0 Å². The molecule has 110 valence electrons. The number of amides is 2. The van der Waals surface area contributed by atoms with Gasteiger partial charge in [-0.15, -0.1) is 0 Å². The lowest BCUT2D eigenvalue weighted by molar-refractivity contribution is -0.138. The van der Waals surface area contributed by atoms with Crippen LogP contribution in [-0.2, 0) is 14.6 Å². The lowest BCUT2D eigenvalue weighted by atomic mass is 10.2. The third-order valence-corrected chi connectivity index (χ3v) is 5.16. The Morgan fingerprint density at radius 2 is 2.16 bits per heavy atom. The fourth-order valence-corrected chi connectivity index (χ4v) is 3.93. The van der Waals surface area contributed by atoms with Gasteiger partial charge in [0.1, 0.15) is 6.54 Å². The van der Waals surface area contributed by atoms with E-state index in [1.54, 1.807) is 11.8 Å². The zero-order valence-corrected chi connectivity index (χ0v) is 12.3. The molecule has 1 rings (SSSR count). The molecule has 0 aromatic carbocycles. The number of carboxylic acid groups (broad SMARTS) is 1. The van der Waals surface area contributed by atoms with E-state index in [-0.39, 0.29) is 11.5 Å². The van der Waals surface area contributed by atoms with Crippen molar-refractivity contribution >= 4 is 33.6 Å². The minimum atomic E-state index is -3.15. The van der Waals surface area contributed by atoms with Crippen LogP contribution in [0.25, 0.3) is 0 Å². The van der Waals surface area contributed by atoms with Crippen molar-refractivity contribution in [3.05, 3.63) is 0 Å². The maximum atomic E-state index is 11.9. The monoisotopic (exact) mass is 310 g/mol. The molecule has 7 nitrogen and oxygen atoms in total. The number of carbonyl (C=O) groups is 2. The van der Waals surface area contributed by atoms with Gasteiger partial charge < -0.3 is 15.3 Å². The zero-order valence-electron chi connectivity index (χ0n) is 10.7. The molecule has 0 aromatic rings. The van der Waals surface area contributed by atoms with E-state index < -0.39 is 34.4 Å². The van der Waals surface area contributed by atoms with Crippen LogP contribution >= 0.6 is 11.8 Å². The number of carbonyl (C=O) groups excluding carboxylic acids is 1. The smallest absolute Gasteiger partial charge is 0.323 e. The first-order valence-corrected chi connectivity index (χ1v) is 9.03. The van der Waals surface area contributed by atoms with E-state index in [2.05, 4.69) is 5.32 Å². The van der Waals surface area contributed by atoms with Gasteiger partial charge in [0.2, 0.25) is 0 Å². The lowest BCUT2D eigenvalue weighted by Crippen LogP contribution is -2.49. The SMILES string of the molecule is CSCCNC(=O)N(CC(=O)O)C1CCS(=O)(=O)C1. The molecule has 1 aliphatic rings. The third kappa shape index (κ3) is 5.27. The maximum Gasteiger partial charge on any atom is 0.323 e. The summed E-state index contributed by atoms with van der Waals surface area (Å²) in [6.45, 7) is -0.0547. The second-order valence-corrected chi connectivity index (χ2v) is 7.52. The van der Waals surface area contributed by atoms with Crippen LogP contribution in [0.4, 0.5) is 4.79 Å². The van der Waals surface area contributed by atoms with Crippen molar-refractivity contribution < 1.29 is 23.1 Å². The molecule has 0 radical (unpaired) electrons. The second kappa shape index (κ2) is 6.99. The van der Waals surface area contributed by atoms with Crippen LogP contribution in [0.1, 0.15) is 6.42 Å². The Balaban J connectivity index is 2.66. The highest BCUT2D eigenvalue weighted by Gasteiger charge is 2.35. The quantitative estimate of drug-likeness (QED) is 0.649. The van der Waals surface area contributed by atoms with Crippen molar-refractivity contribution in [2.24, 2.45) is 0 Å². The largest absolute Gasteiger partial charge is 0.480 e. The van der Waals surface area contributed by atoms with Gasteiger partial charge in [-0.05, 0) is 12.7 Å². The Bertz CT molecular complexity index is 437. The molecule has 0 spiro atoms. The van der Waals surface area contributed by atoms with E-state index in [0.717, 1.165) is 10.7 Å². The van der Waals surface area contributed by atoms with Gasteiger partial charge in [0.25, 0.3) is 0 Å². The summed E-state index contributed by atoms with van der Waals surface area (Å²) in [5, 5.41) is 11.4. The van der Waals surface area contributed by atoms with Gasteiger partial charge in [-0.3, -0.25) is 4.79 Å². The maximum absolute atomic E-state index is 11.9. The van der Waals surface area contributed by atoms with Crippen LogP contribution in [0.15, 0.2) is 0 Å². The van der Waals surface area contributed by atoms with E-state index >= 15 is 0 Å². The van der Waals surface area contributed by atoms with Gasteiger partial charge in [-0.25, -0.2) is 13.2 Å². The normalized spacial score (nSPS) is 21.0. The number of thioether (sulfide) groups is 1. The van der Waals surface area contributed by atoms with Crippen LogP contribution in [0, 0.1) is 0 Å². The molecule has 2 amide bonds. The van der Waals surface area contributed by atoms with Crippen molar-refractivity contribution in [3.8, 4) is 0 Å². The summed E-state index contributed by atoms with van der Waals surface area (Å²) in [5.41, 5.74) is 0. The third-order valence-electron chi connectivity index (χ3n) is 2.80. The second-order valence-electron chi connectivity index (χ2n) is 4.30. The van der Waals surface area contributed by atoms with Crippen molar-refractivity contribution in [1.29, 1.82) is 0 Å². The molecule has 1 atom stereocenters. The summed E-state index contributed by atoms with van der Waals surface area (Å²) in [5.74, 6) is -0.582. The van der Waals surface area contributed by atoms with Crippen molar-refractivity contribution in [2.75, 3.05) is 36.6 Å². The number of carboxylic acids is 1. The van der Waals surface area contributed by atoms with Crippen molar-refractivity contribution in [1.82, 2.24) is 10.2 Å². The van der Waals surface area contributed by atoms with E-state index in [1.165, 1.54) is 0 Å². The van der Waals surface area contributed by atoms with Crippen molar-refractivity contribution in [3.63, 3.8) is 0 Å². The van der Waals surface area contributed by atoms with Gasteiger partial charge in [-0.2, -0.15) is 11.8 Å². The van der Waals surface area contributed by atoms with Crippen molar-refractivity contribution in [2.45, 2.75) is 12.5 Å². The van der Waals surface area contributed by atoms with Gasteiger partial charge >= 0.3 is 12.0 Å². The molecule has 0 aromatic heterocycles. The van der Waals surface area contributed by atoms with Gasteiger partial charge in [-0.1, -0.05) is 0 Å². The van der Waals surface area contributed by atoms with Gasteiger partial charge in [0.05, 0.1) is 11.5 Å². The molecule has 0 bridgehead atoms. The Kier molecular flexibility index (Phi) is 5.92. The molecule has 1 saturated heterocycles. The highest BCUT2D eigenvalue weighted by atomic mass is 32.2. The van der Waals surface area contributed by atoms with Gasteiger partial charge in [0.15, 0.2) is 9.84 Å². The summed E-state index contributed by atoms with van der Waals surface area (Å²) in [7, 11) is -3.15. The Morgan fingerprint density at radius 1 is 1.47 bits per heavy atom. The topological polar surface area (TPSA) is 104 Å². The first-order chi connectivity index (χ1) is 8.85. The predicted octanol–water partition coefficient (Wildman–Crippen LogP) is -0.367. The van der Waals surface area contributed by atoms with Crippen LogP contribution in [-0.4, -0.2) is 73.1 Å². The fourth-order valence-electron chi connectivity index (χ4n) is 1.90. The van der Waals surface area contributed by atoms with Crippen LogP contribution in [0.2, 0.25) is 0 Å². The minimum absolute atomic E-state index is 0.00583. The Morgan fingerprint density at radius 3 is 2.63 bits per heavy atom. The molecule has 1 aliphatic heterocycles. The number of hydrogen-bond acceptors (Lipinski definition) is 5. The van der Waals surface area contributed by atoms with E-state index in [9.17, 15) is 18.0 Å². The molecule has 1 unspecified atom stereocenters. The number of nitrogens with zero attached hydrogens (tertiary/aromatic N) is 1. The van der Waals surface area contributed by atoms with E-state index in [1.807, 2.05) is 6.26 Å². The molecule has 1 fully saturated rings. The number of nitrogens with one attached hydrogen (secondary N) is 1. The zero-order chi connectivity index (χ0) is 14.5. The van der Waals surface area contributed by atoms with Crippen LogP contribution < -0.4 is 5.32 Å². The van der Waals surface area contributed by atoms with E-state index in [4.69, 9.17) is 5.11 Å². The molecule has 0 aliphatic carbocycles. The number of sulfone groups is 1. The highest BCUT2D eigenvalue weighted by Crippen LogP contribution is 2.17. The average Bonchev–Trinajstić information content (AvgIpc) is 2.66. The van der Waals surface area contributed by atoms with E-state index in [0.29, 0.717) is 13.0 Å². The fraction of sp³-hybridized carbons (Fsp3) is 0.800. The van der Waals surface area contributed by atoms with Gasteiger partial charge in [0, 0.05) is 18.3 Å². The molecule has 19 heavy (non-hydrogen) atoms. The number of aliphatic carboxylic acids is 1. The summed E-state index contributed by atoms with van der Waals surface area (Å²) < 4.78 is 22.8. The summed E-state index contributed by atoms with van der Waals surface area (Å²) in [4.78, 5) is 23.8. The minimum Gasteiger partial charge on any atom is -0.480 e. The molecule has 0 saturated carbocycles. The number of urea groups is 1. The molecular weight excluding hydrogens is 292 g/mol. The molecule has 9 heteroatoms. The molecule has 1 heterocycles. The first-order valence-electron chi connectivity index (χ1n) is 5.81. The summed E-state index contributed by atoms with van der Waals surface area (Å²) in [6, 6.07) is -1.06. The Labute approximate surface area is 116 Å². The summed E-state index contributed by atoms with van der Waals surface area (Å²) in [6.07, 6.45) is 2.19. The predicted molar refractivity (Wildman–Crippen MR) is 73.2 cm³/mol. The standard InChI is InChI=1S/C10H18N2O5S2/c1-18-4-3-11-10(15)12(6-9(13)14)8-2-5-19(16,17)7-8/h8H,2-7H2,1H3,(H,11,15)(H,13,14). The molecular formula is C10H18N2O5S2. The lowest BCUT2D eigenvalue weighted by Gasteiger charge is -2.26. The van der Waals surface area contributed by atoms with Crippen LogP contribution in [0.3, 0.4) is 0 Å².